The highest BCUT2D eigenvalue weighted by Crippen LogP contribution is 2.25. The number of nitrogens with zero attached hydrogens (tertiary/aromatic N) is 3. The normalized spacial score (nSPS) is 11.2. The van der Waals surface area contributed by atoms with Gasteiger partial charge in [-0.3, -0.25) is 5.32 Å². The van der Waals surface area contributed by atoms with Crippen LogP contribution < -0.4 is 10.1 Å². The summed E-state index contributed by atoms with van der Waals surface area (Å²) in [6.07, 6.45) is 5.41. The smallest absolute Gasteiger partial charge is 0.183 e. The highest BCUT2D eigenvalue weighted by atomic mass is 32.2. The molecule has 0 spiro atoms. The van der Waals surface area contributed by atoms with Crippen molar-refractivity contribution in [1.29, 1.82) is 5.26 Å². The molecular weight excluding hydrogens is 356 g/mol. The van der Waals surface area contributed by atoms with Gasteiger partial charge in [0.1, 0.15) is 11.3 Å². The molecule has 2 aromatic carbocycles. The summed E-state index contributed by atoms with van der Waals surface area (Å²) in [6, 6.07) is 18.0. The first-order valence-electron chi connectivity index (χ1n) is 8.53. The zero-order valence-corrected chi connectivity index (χ0v) is 16.1. The van der Waals surface area contributed by atoms with Gasteiger partial charge in [0.05, 0.1) is 12.8 Å². The minimum absolute atomic E-state index is 0.582. The number of nitrogens with one attached hydrogen (secondary N) is 1. The second-order valence-electron chi connectivity index (χ2n) is 5.82. The SMILES string of the molecule is COc1cccc2ccc(CCc3ccccc3N=C(NC#N)SC)nc12. The lowest BCUT2D eigenvalue weighted by molar-refractivity contribution is 0.419. The Hall–Kier alpha value is -3.04. The molecule has 6 heteroatoms. The van der Waals surface area contributed by atoms with Crippen LogP contribution in [0.25, 0.3) is 10.9 Å². The molecule has 0 amide bonds. The summed E-state index contributed by atoms with van der Waals surface area (Å²) in [6.45, 7) is 0. The van der Waals surface area contributed by atoms with Gasteiger partial charge in [-0.15, -0.1) is 0 Å². The summed E-state index contributed by atoms with van der Waals surface area (Å²) in [5.41, 5.74) is 3.87. The summed E-state index contributed by atoms with van der Waals surface area (Å²) in [5, 5.41) is 13.1. The molecule has 27 heavy (non-hydrogen) atoms. The minimum Gasteiger partial charge on any atom is -0.494 e. The van der Waals surface area contributed by atoms with Crippen LogP contribution in [-0.4, -0.2) is 23.5 Å². The van der Waals surface area contributed by atoms with Crippen LogP contribution in [0.2, 0.25) is 0 Å². The van der Waals surface area contributed by atoms with Gasteiger partial charge in [-0.2, -0.15) is 5.26 Å². The fourth-order valence-electron chi connectivity index (χ4n) is 2.84. The summed E-state index contributed by atoms with van der Waals surface area (Å²) in [7, 11) is 1.66. The molecule has 0 aliphatic heterocycles. The maximum Gasteiger partial charge on any atom is 0.183 e. The summed E-state index contributed by atoms with van der Waals surface area (Å²) in [5.74, 6) is 0.784. The van der Waals surface area contributed by atoms with Crippen LogP contribution in [0.1, 0.15) is 11.3 Å². The van der Waals surface area contributed by atoms with Crippen LogP contribution in [0.4, 0.5) is 5.69 Å². The van der Waals surface area contributed by atoms with Gasteiger partial charge in [-0.1, -0.05) is 48.2 Å². The van der Waals surface area contributed by atoms with E-state index in [0.717, 1.165) is 46.4 Å². The Morgan fingerprint density at radius 1 is 1.15 bits per heavy atom. The molecule has 0 aliphatic rings. The number of hydrogen-bond donors (Lipinski definition) is 1. The molecule has 0 atom stereocenters. The fourth-order valence-corrected chi connectivity index (χ4v) is 3.18. The maximum atomic E-state index is 8.82. The molecule has 0 saturated heterocycles. The second-order valence-corrected chi connectivity index (χ2v) is 6.62. The predicted octanol–water partition coefficient (Wildman–Crippen LogP) is 4.45. The van der Waals surface area contributed by atoms with Gasteiger partial charge in [-0.25, -0.2) is 9.98 Å². The van der Waals surface area contributed by atoms with Crippen LogP contribution in [-0.2, 0) is 12.8 Å². The number of benzene rings is 2. The summed E-state index contributed by atoms with van der Waals surface area (Å²) in [4.78, 5) is 9.34. The van der Waals surface area contributed by atoms with Crippen LogP contribution in [0.5, 0.6) is 5.75 Å². The molecule has 3 aromatic rings. The molecule has 0 bridgehead atoms. The number of aliphatic imine (C=N–C) groups is 1. The molecular formula is C21H20N4OS. The second kappa shape index (κ2) is 9.06. The Kier molecular flexibility index (Phi) is 6.29. The lowest BCUT2D eigenvalue weighted by Crippen LogP contribution is -2.12. The molecule has 1 heterocycles. The van der Waals surface area contributed by atoms with Gasteiger partial charge in [0.2, 0.25) is 0 Å². The average molecular weight is 376 g/mol. The van der Waals surface area contributed by atoms with Crippen LogP contribution >= 0.6 is 11.8 Å². The zero-order valence-electron chi connectivity index (χ0n) is 15.3. The monoisotopic (exact) mass is 376 g/mol. The van der Waals surface area contributed by atoms with Gasteiger partial charge >= 0.3 is 0 Å². The third-order valence-electron chi connectivity index (χ3n) is 4.18. The van der Waals surface area contributed by atoms with Crippen molar-refractivity contribution in [2.45, 2.75) is 12.8 Å². The molecule has 1 N–H and O–H groups in total. The lowest BCUT2D eigenvalue weighted by Gasteiger charge is -2.09. The molecule has 0 radical (unpaired) electrons. The van der Waals surface area contributed by atoms with Crippen LogP contribution in [0.15, 0.2) is 59.6 Å². The van der Waals surface area contributed by atoms with Crippen molar-refractivity contribution in [2.24, 2.45) is 4.99 Å². The zero-order chi connectivity index (χ0) is 19.1. The van der Waals surface area contributed by atoms with Gasteiger partial charge in [0, 0.05) is 11.1 Å². The van der Waals surface area contributed by atoms with Crippen molar-refractivity contribution in [3.8, 4) is 11.9 Å². The highest BCUT2D eigenvalue weighted by Gasteiger charge is 2.07. The van der Waals surface area contributed by atoms with E-state index in [1.54, 1.807) is 7.11 Å². The number of ether oxygens (including phenoxy) is 1. The largest absolute Gasteiger partial charge is 0.494 e. The van der Waals surface area contributed by atoms with Crippen LogP contribution in [0, 0.1) is 11.5 Å². The van der Waals surface area contributed by atoms with E-state index in [0.29, 0.717) is 5.17 Å². The molecule has 3 rings (SSSR count). The quantitative estimate of drug-likeness (QED) is 0.308. The number of amidine groups is 1. The van der Waals surface area contributed by atoms with Crippen molar-refractivity contribution in [3.05, 3.63) is 65.9 Å². The number of rotatable bonds is 5. The van der Waals surface area contributed by atoms with Gasteiger partial charge in [0.15, 0.2) is 11.4 Å². The number of pyridine rings is 1. The van der Waals surface area contributed by atoms with E-state index in [1.807, 2.05) is 48.8 Å². The fraction of sp³-hybridized carbons (Fsp3) is 0.190. The topological polar surface area (TPSA) is 70.3 Å². The number of aromatic nitrogens is 1. The maximum absolute atomic E-state index is 8.82. The predicted molar refractivity (Wildman–Crippen MR) is 112 cm³/mol. The first kappa shape index (κ1) is 18.7. The Balaban J connectivity index is 1.83. The summed E-state index contributed by atoms with van der Waals surface area (Å²) >= 11 is 1.41. The molecule has 1 aromatic heterocycles. The van der Waals surface area contributed by atoms with Crippen molar-refractivity contribution in [3.63, 3.8) is 0 Å². The van der Waals surface area contributed by atoms with Crippen molar-refractivity contribution < 1.29 is 4.74 Å². The molecule has 0 unspecified atom stereocenters. The van der Waals surface area contributed by atoms with Gasteiger partial charge < -0.3 is 4.74 Å². The average Bonchev–Trinajstić information content (AvgIpc) is 2.72. The molecule has 136 valence electrons. The first-order valence-corrected chi connectivity index (χ1v) is 9.76. The van der Waals surface area contributed by atoms with E-state index < -0.39 is 0 Å². The van der Waals surface area contributed by atoms with Gasteiger partial charge in [-0.05, 0) is 42.9 Å². The summed E-state index contributed by atoms with van der Waals surface area (Å²) < 4.78 is 5.43. The number of methoxy groups -OCH3 is 1. The molecule has 0 saturated carbocycles. The Morgan fingerprint density at radius 2 is 2.00 bits per heavy atom. The van der Waals surface area contributed by atoms with Crippen molar-refractivity contribution in [1.82, 2.24) is 10.3 Å². The Morgan fingerprint density at radius 3 is 2.78 bits per heavy atom. The van der Waals surface area contributed by atoms with E-state index in [-0.39, 0.29) is 0 Å². The first-order chi connectivity index (χ1) is 13.2. The van der Waals surface area contributed by atoms with E-state index in [4.69, 9.17) is 15.0 Å². The Bertz CT molecular complexity index is 1010. The molecule has 0 fully saturated rings. The van der Waals surface area contributed by atoms with Crippen molar-refractivity contribution >= 4 is 33.5 Å². The Labute approximate surface area is 163 Å². The minimum atomic E-state index is 0.582. The number of fused-ring (bicyclic) bond motifs is 1. The highest BCUT2D eigenvalue weighted by molar-refractivity contribution is 8.13. The number of nitriles is 1. The number of thioether (sulfide) groups is 1. The standard InChI is InChI=1S/C21H20N4OS/c1-26-19-9-5-7-16-11-13-17(24-20(16)19)12-10-15-6-3-4-8-18(15)25-21(27-2)23-14-22/h3-9,11,13H,10,12H2,1-2H3,(H,23,25). The number of hydrogen-bond acceptors (Lipinski definition) is 5. The van der Waals surface area contributed by atoms with E-state index >= 15 is 0 Å². The third kappa shape index (κ3) is 4.57. The lowest BCUT2D eigenvalue weighted by atomic mass is 10.1. The van der Waals surface area contributed by atoms with E-state index in [1.165, 1.54) is 11.8 Å². The van der Waals surface area contributed by atoms with Crippen molar-refractivity contribution in [2.75, 3.05) is 13.4 Å². The molecule has 0 aliphatic carbocycles. The van der Waals surface area contributed by atoms with Gasteiger partial charge in [0.25, 0.3) is 0 Å². The number of aryl methyl sites for hydroxylation is 2. The van der Waals surface area contributed by atoms with E-state index in [2.05, 4.69) is 28.5 Å². The number of para-hydroxylation sites is 2. The van der Waals surface area contributed by atoms with E-state index in [9.17, 15) is 0 Å². The third-order valence-corrected chi connectivity index (χ3v) is 4.76. The van der Waals surface area contributed by atoms with Crippen LogP contribution in [0.3, 0.4) is 0 Å². The molecule has 5 nitrogen and oxygen atoms in total.